The second-order valence-corrected chi connectivity index (χ2v) is 8.26. The van der Waals surface area contributed by atoms with Crippen LogP contribution >= 0.6 is 11.6 Å². The van der Waals surface area contributed by atoms with Gasteiger partial charge in [0, 0.05) is 0 Å². The van der Waals surface area contributed by atoms with Crippen molar-refractivity contribution >= 4 is 22.8 Å². The van der Waals surface area contributed by atoms with E-state index in [2.05, 4.69) is 15.0 Å². The van der Waals surface area contributed by atoms with Crippen molar-refractivity contribution in [1.82, 2.24) is 19.5 Å². The number of nitrogens with zero attached hydrogens (tertiary/aromatic N) is 4. The highest BCUT2D eigenvalue weighted by molar-refractivity contribution is 6.33. The number of rotatable bonds is 8. The predicted octanol–water partition coefficient (Wildman–Crippen LogP) is 4.12. The monoisotopic (exact) mass is 462 g/mol. The molecule has 168 valence electrons. The molecular formula is C25H23ClN4O3. The van der Waals surface area contributed by atoms with Gasteiger partial charge in [0.2, 0.25) is 0 Å². The molecule has 2 heterocycles. The Kier molecular flexibility index (Phi) is 6.46. The van der Waals surface area contributed by atoms with Crippen LogP contribution in [0.15, 0.2) is 85.0 Å². The summed E-state index contributed by atoms with van der Waals surface area (Å²) in [4.78, 5) is 12.7. The van der Waals surface area contributed by atoms with E-state index >= 15 is 0 Å². The maximum absolute atomic E-state index is 11.3. The lowest BCUT2D eigenvalue weighted by Crippen LogP contribution is -2.31. The molecule has 0 fully saturated rings. The summed E-state index contributed by atoms with van der Waals surface area (Å²) in [5.74, 6) is 0. The first-order valence-corrected chi connectivity index (χ1v) is 11.1. The quantitative estimate of drug-likeness (QED) is 0.313. The summed E-state index contributed by atoms with van der Waals surface area (Å²) in [7, 11) is 0. The summed E-state index contributed by atoms with van der Waals surface area (Å²) in [6.07, 6.45) is 3.73. The van der Waals surface area contributed by atoms with E-state index in [1.54, 1.807) is 6.33 Å². The number of ether oxygens (including phenoxy) is 2. The lowest BCUT2D eigenvalue weighted by atomic mass is 10.1. The van der Waals surface area contributed by atoms with Gasteiger partial charge in [0.25, 0.3) is 0 Å². The number of imidazole rings is 1. The molecule has 0 saturated carbocycles. The molecule has 0 amide bonds. The predicted molar refractivity (Wildman–Crippen MR) is 125 cm³/mol. The molecule has 1 aliphatic rings. The van der Waals surface area contributed by atoms with Gasteiger partial charge >= 0.3 is 0 Å². The number of halogens is 1. The third-order valence-electron chi connectivity index (χ3n) is 5.72. The molecule has 0 aliphatic heterocycles. The van der Waals surface area contributed by atoms with Crippen LogP contribution in [-0.2, 0) is 22.7 Å². The Labute approximate surface area is 196 Å². The van der Waals surface area contributed by atoms with E-state index in [0.717, 1.165) is 16.7 Å². The average Bonchev–Trinajstić information content (AvgIpc) is 3.40. The Balaban J connectivity index is 1.38. The number of hydrogen-bond donors (Lipinski definition) is 1. The fourth-order valence-corrected chi connectivity index (χ4v) is 4.24. The van der Waals surface area contributed by atoms with Gasteiger partial charge in [-0.05, 0) is 22.8 Å². The highest BCUT2D eigenvalue weighted by Gasteiger charge is 2.39. The van der Waals surface area contributed by atoms with E-state index in [1.807, 2.05) is 71.3 Å². The maximum atomic E-state index is 11.3. The van der Waals surface area contributed by atoms with Crippen molar-refractivity contribution in [2.24, 2.45) is 0 Å². The van der Waals surface area contributed by atoms with E-state index in [9.17, 15) is 5.11 Å². The number of aromatic nitrogens is 4. The molecular weight excluding hydrogens is 440 g/mol. The van der Waals surface area contributed by atoms with Crippen LogP contribution in [0.5, 0.6) is 0 Å². The van der Waals surface area contributed by atoms with Gasteiger partial charge in [-0.15, -0.1) is 0 Å². The Morgan fingerprint density at radius 1 is 0.879 bits per heavy atom. The first-order valence-electron chi connectivity index (χ1n) is 10.7. The SMILES string of the molecule is O[C@@H]1C(COCc2ccccc2)=C[C@H](OCc2ccccc2)[C@H]1n1cnc2c(Cl)ncnc21. The van der Waals surface area contributed by atoms with Gasteiger partial charge < -0.3 is 19.1 Å². The molecule has 33 heavy (non-hydrogen) atoms. The molecule has 8 heteroatoms. The van der Waals surface area contributed by atoms with Crippen molar-refractivity contribution in [3.8, 4) is 0 Å². The Morgan fingerprint density at radius 2 is 1.58 bits per heavy atom. The Hall–Kier alpha value is -3.10. The minimum atomic E-state index is -0.826. The highest BCUT2D eigenvalue weighted by atomic mass is 35.5. The second-order valence-electron chi connectivity index (χ2n) is 7.91. The first-order chi connectivity index (χ1) is 16.2. The fourth-order valence-electron chi connectivity index (χ4n) is 4.07. The molecule has 0 saturated heterocycles. The second kappa shape index (κ2) is 9.80. The minimum Gasteiger partial charge on any atom is -0.386 e. The largest absolute Gasteiger partial charge is 0.386 e. The maximum Gasteiger partial charge on any atom is 0.165 e. The van der Waals surface area contributed by atoms with Gasteiger partial charge in [0.1, 0.15) is 24.1 Å². The summed E-state index contributed by atoms with van der Waals surface area (Å²) in [6.45, 7) is 1.16. The van der Waals surface area contributed by atoms with Crippen LogP contribution in [-0.4, -0.2) is 43.4 Å². The van der Waals surface area contributed by atoms with Crippen LogP contribution in [0.2, 0.25) is 5.15 Å². The zero-order valence-electron chi connectivity index (χ0n) is 17.8. The third kappa shape index (κ3) is 4.67. The van der Waals surface area contributed by atoms with Gasteiger partial charge in [0.05, 0.1) is 32.2 Å². The van der Waals surface area contributed by atoms with Crippen LogP contribution in [0.4, 0.5) is 0 Å². The molecule has 2 aromatic carbocycles. The summed E-state index contributed by atoms with van der Waals surface area (Å²) >= 11 is 6.19. The smallest absolute Gasteiger partial charge is 0.165 e. The van der Waals surface area contributed by atoms with Gasteiger partial charge in [-0.1, -0.05) is 72.3 Å². The molecule has 7 nitrogen and oxygen atoms in total. The van der Waals surface area contributed by atoms with E-state index in [1.165, 1.54) is 6.33 Å². The van der Waals surface area contributed by atoms with Crippen molar-refractivity contribution < 1.29 is 14.6 Å². The molecule has 0 radical (unpaired) electrons. The standard InChI is InChI=1S/C25H23ClN4O3/c26-24-21-25(28-15-27-24)30(16-29-21)22-20(33-13-18-9-5-2-6-10-18)11-19(23(22)31)14-32-12-17-7-3-1-4-8-17/h1-11,15-16,20,22-23,31H,12-14H2/t20-,22+,23+/m0/s1. The number of benzene rings is 2. The number of aliphatic hydroxyl groups excluding tert-OH is 1. The summed E-state index contributed by atoms with van der Waals surface area (Å²) in [6, 6.07) is 19.4. The molecule has 0 bridgehead atoms. The van der Waals surface area contributed by atoms with Crippen LogP contribution in [0.25, 0.3) is 11.2 Å². The molecule has 5 rings (SSSR count). The zero-order valence-corrected chi connectivity index (χ0v) is 18.5. The molecule has 0 spiro atoms. The molecule has 4 aromatic rings. The third-order valence-corrected chi connectivity index (χ3v) is 6.00. The average molecular weight is 463 g/mol. The van der Waals surface area contributed by atoms with Crippen LogP contribution in [0.1, 0.15) is 17.2 Å². The summed E-state index contributed by atoms with van der Waals surface area (Å²) in [5, 5.41) is 11.5. The zero-order chi connectivity index (χ0) is 22.6. The van der Waals surface area contributed by atoms with Crippen LogP contribution < -0.4 is 0 Å². The van der Waals surface area contributed by atoms with Crippen molar-refractivity contribution in [3.63, 3.8) is 0 Å². The highest BCUT2D eigenvalue weighted by Crippen LogP contribution is 2.35. The molecule has 1 N–H and O–H groups in total. The molecule has 0 unspecified atom stereocenters. The van der Waals surface area contributed by atoms with Crippen molar-refractivity contribution in [2.45, 2.75) is 31.5 Å². The normalized spacial score (nSPS) is 20.3. The Morgan fingerprint density at radius 3 is 2.30 bits per heavy atom. The topological polar surface area (TPSA) is 82.3 Å². The molecule has 1 aliphatic carbocycles. The van der Waals surface area contributed by atoms with Crippen LogP contribution in [0, 0.1) is 0 Å². The lowest BCUT2D eigenvalue weighted by Gasteiger charge is -2.25. The van der Waals surface area contributed by atoms with Gasteiger partial charge in [-0.25, -0.2) is 15.0 Å². The summed E-state index contributed by atoms with van der Waals surface area (Å²) in [5.41, 5.74) is 3.92. The summed E-state index contributed by atoms with van der Waals surface area (Å²) < 4.78 is 14.0. The van der Waals surface area contributed by atoms with Gasteiger partial charge in [-0.2, -0.15) is 0 Å². The van der Waals surface area contributed by atoms with Crippen molar-refractivity contribution in [3.05, 3.63) is 101 Å². The Bertz CT molecular complexity index is 1250. The lowest BCUT2D eigenvalue weighted by molar-refractivity contribution is 0.0102. The van der Waals surface area contributed by atoms with Crippen LogP contribution in [0.3, 0.4) is 0 Å². The van der Waals surface area contributed by atoms with Crippen molar-refractivity contribution in [1.29, 1.82) is 0 Å². The molecule has 2 aromatic heterocycles. The number of aliphatic hydroxyl groups is 1. The van der Waals surface area contributed by atoms with E-state index in [4.69, 9.17) is 21.1 Å². The molecule has 3 atom stereocenters. The van der Waals surface area contributed by atoms with Gasteiger partial charge in [0.15, 0.2) is 10.8 Å². The number of hydrogen-bond acceptors (Lipinski definition) is 6. The number of fused-ring (bicyclic) bond motifs is 1. The van der Waals surface area contributed by atoms with Crippen molar-refractivity contribution in [2.75, 3.05) is 6.61 Å². The van der Waals surface area contributed by atoms with E-state index < -0.39 is 18.2 Å². The fraction of sp³-hybridized carbons (Fsp3) is 0.240. The van der Waals surface area contributed by atoms with Gasteiger partial charge in [-0.3, -0.25) is 0 Å². The minimum absolute atomic E-state index is 0.271. The first kappa shape index (κ1) is 21.7. The van der Waals surface area contributed by atoms with E-state index in [0.29, 0.717) is 31.0 Å². The van der Waals surface area contributed by atoms with E-state index in [-0.39, 0.29) is 5.15 Å².